The van der Waals surface area contributed by atoms with E-state index in [0.29, 0.717) is 24.0 Å². The van der Waals surface area contributed by atoms with Gasteiger partial charge in [-0.15, -0.1) is 0 Å². The molecule has 7 heteroatoms. The number of carboxylic acid groups (broad SMARTS) is 1. The van der Waals surface area contributed by atoms with Gasteiger partial charge in [-0.05, 0) is 82.4 Å². The van der Waals surface area contributed by atoms with Crippen LogP contribution in [-0.2, 0) is 0 Å². The minimum absolute atomic E-state index is 0.160. The zero-order chi connectivity index (χ0) is 22.8. The van der Waals surface area contributed by atoms with Crippen LogP contribution in [0.2, 0.25) is 0 Å². The van der Waals surface area contributed by atoms with E-state index in [1.165, 1.54) is 69.1 Å². The number of piperidine rings is 1. The van der Waals surface area contributed by atoms with E-state index in [-0.39, 0.29) is 5.69 Å². The first-order chi connectivity index (χ1) is 15.5. The summed E-state index contributed by atoms with van der Waals surface area (Å²) in [7, 11) is 0. The number of aromatic nitrogens is 2. The van der Waals surface area contributed by atoms with Gasteiger partial charge in [-0.25, -0.2) is 9.48 Å². The molecule has 176 valence electrons. The molecular weight excluding hydrogens is 404 g/mol. The Balaban J connectivity index is 0.000000352. The molecule has 0 spiro atoms. The van der Waals surface area contributed by atoms with Crippen LogP contribution in [0.4, 0.5) is 0 Å². The number of benzene rings is 1. The summed E-state index contributed by atoms with van der Waals surface area (Å²) < 4.78 is 7.24. The summed E-state index contributed by atoms with van der Waals surface area (Å²) in [5, 5.41) is 13.5. The Labute approximate surface area is 191 Å². The Bertz CT molecular complexity index is 822. The molecule has 7 nitrogen and oxygen atoms in total. The number of carboxylic acids is 1. The molecule has 2 aromatic rings. The van der Waals surface area contributed by atoms with Gasteiger partial charge in [0.05, 0.1) is 18.0 Å². The normalized spacial score (nSPS) is 17.4. The van der Waals surface area contributed by atoms with E-state index < -0.39 is 5.97 Å². The number of hydrogen-bond acceptors (Lipinski definition) is 5. The number of nitrogens with zero attached hydrogens (tertiary/aromatic N) is 3. The van der Waals surface area contributed by atoms with Crippen molar-refractivity contribution < 1.29 is 14.6 Å². The molecule has 1 aliphatic heterocycles. The summed E-state index contributed by atoms with van der Waals surface area (Å²) in [4.78, 5) is 13.8. The quantitative estimate of drug-likeness (QED) is 0.617. The van der Waals surface area contributed by atoms with Crippen molar-refractivity contribution in [2.24, 2.45) is 5.73 Å². The second kappa shape index (κ2) is 12.6. The highest BCUT2D eigenvalue weighted by Crippen LogP contribution is 2.18. The molecule has 0 amide bonds. The van der Waals surface area contributed by atoms with Gasteiger partial charge in [0.2, 0.25) is 0 Å². The van der Waals surface area contributed by atoms with Crippen LogP contribution in [0, 0.1) is 6.92 Å². The monoisotopic (exact) mass is 442 g/mol. The first kappa shape index (κ1) is 24.3. The Morgan fingerprint density at radius 2 is 1.75 bits per heavy atom. The zero-order valence-corrected chi connectivity index (χ0v) is 19.3. The lowest BCUT2D eigenvalue weighted by Gasteiger charge is -2.26. The first-order valence-electron chi connectivity index (χ1n) is 12.0. The second-order valence-electron chi connectivity index (χ2n) is 8.88. The Morgan fingerprint density at radius 1 is 1.09 bits per heavy atom. The molecular formula is C25H38N4O3. The molecule has 0 radical (unpaired) electrons. The highest BCUT2D eigenvalue weighted by Gasteiger charge is 2.14. The predicted molar refractivity (Wildman–Crippen MR) is 127 cm³/mol. The molecule has 0 atom stereocenters. The van der Waals surface area contributed by atoms with Crippen molar-refractivity contribution in [2.75, 3.05) is 26.2 Å². The van der Waals surface area contributed by atoms with Crippen molar-refractivity contribution in [1.29, 1.82) is 0 Å². The van der Waals surface area contributed by atoms with Gasteiger partial charge in [-0.2, -0.15) is 5.10 Å². The lowest BCUT2D eigenvalue weighted by Crippen LogP contribution is -2.31. The number of likely N-dealkylation sites (tertiary alicyclic amines) is 1. The average Bonchev–Trinajstić information content (AvgIpc) is 3.21. The van der Waals surface area contributed by atoms with Crippen molar-refractivity contribution in [3.05, 3.63) is 41.7 Å². The summed E-state index contributed by atoms with van der Waals surface area (Å²) >= 11 is 0. The van der Waals surface area contributed by atoms with Crippen molar-refractivity contribution in [1.82, 2.24) is 14.7 Å². The number of aromatic carboxylic acids is 1. The number of aryl methyl sites for hydroxylation is 1. The Morgan fingerprint density at radius 3 is 2.34 bits per heavy atom. The third-order valence-corrected chi connectivity index (χ3v) is 6.12. The van der Waals surface area contributed by atoms with Gasteiger partial charge in [-0.3, -0.25) is 0 Å². The van der Waals surface area contributed by atoms with Gasteiger partial charge in [0, 0.05) is 12.6 Å². The fraction of sp³-hybridized carbons (Fsp3) is 0.600. The third kappa shape index (κ3) is 7.64. The minimum Gasteiger partial charge on any atom is -0.494 e. The van der Waals surface area contributed by atoms with Crippen LogP contribution in [0.25, 0.3) is 5.69 Å². The molecule has 1 aliphatic carbocycles. The first-order valence-corrected chi connectivity index (χ1v) is 12.0. The van der Waals surface area contributed by atoms with Crippen LogP contribution >= 0.6 is 0 Å². The number of hydrogen-bond donors (Lipinski definition) is 2. The Hall–Kier alpha value is -2.38. The number of carbonyl (C=O) groups is 1. The molecule has 1 aromatic heterocycles. The average molecular weight is 443 g/mol. The zero-order valence-electron chi connectivity index (χ0n) is 19.3. The standard InChI is InChI=1S/C19H25N3O3.C6H13N/c1-15-14-18(19(23)24)22(20-15)16-6-8-17(9-7-16)25-13-5-12-21-10-3-2-4-11-21;7-6-4-2-1-3-5-6/h6-9,14H,2-5,10-13H2,1H3,(H,23,24);6H,1-5,7H2. The summed E-state index contributed by atoms with van der Waals surface area (Å²) in [5.41, 5.74) is 7.19. The molecule has 0 bridgehead atoms. The van der Waals surface area contributed by atoms with E-state index in [0.717, 1.165) is 18.7 Å². The van der Waals surface area contributed by atoms with Crippen LogP contribution in [0.5, 0.6) is 5.75 Å². The van der Waals surface area contributed by atoms with E-state index >= 15 is 0 Å². The topological polar surface area (TPSA) is 93.6 Å². The summed E-state index contributed by atoms with van der Waals surface area (Å²) in [6.07, 6.45) is 11.7. The van der Waals surface area contributed by atoms with Crippen LogP contribution < -0.4 is 10.5 Å². The van der Waals surface area contributed by atoms with Crippen LogP contribution in [0.3, 0.4) is 0 Å². The van der Waals surface area contributed by atoms with E-state index in [1.54, 1.807) is 13.0 Å². The number of ether oxygens (including phenoxy) is 1. The minimum atomic E-state index is -0.987. The second-order valence-corrected chi connectivity index (χ2v) is 8.88. The SMILES string of the molecule is Cc1cc(C(=O)O)n(-c2ccc(OCCCN3CCCCC3)cc2)n1.NC1CCCCC1. The number of rotatable bonds is 7. The predicted octanol–water partition coefficient (Wildman–Crippen LogP) is 4.41. The molecule has 0 unspecified atom stereocenters. The van der Waals surface area contributed by atoms with Crippen LogP contribution in [0.15, 0.2) is 30.3 Å². The molecule has 3 N–H and O–H groups in total. The Kier molecular flexibility index (Phi) is 9.56. The van der Waals surface area contributed by atoms with Gasteiger partial charge in [0.25, 0.3) is 0 Å². The van der Waals surface area contributed by atoms with Gasteiger partial charge in [0.15, 0.2) is 5.69 Å². The van der Waals surface area contributed by atoms with Gasteiger partial charge in [-0.1, -0.05) is 25.7 Å². The lowest BCUT2D eigenvalue weighted by molar-refractivity contribution is 0.0687. The highest BCUT2D eigenvalue weighted by atomic mass is 16.5. The molecule has 2 aliphatic rings. The van der Waals surface area contributed by atoms with Crippen molar-refractivity contribution >= 4 is 5.97 Å². The van der Waals surface area contributed by atoms with Gasteiger partial charge >= 0.3 is 5.97 Å². The number of nitrogens with two attached hydrogens (primary N) is 1. The molecule has 2 fully saturated rings. The van der Waals surface area contributed by atoms with Gasteiger partial charge in [0.1, 0.15) is 5.75 Å². The summed E-state index contributed by atoms with van der Waals surface area (Å²) in [5.74, 6) is -0.193. The van der Waals surface area contributed by atoms with Gasteiger partial charge < -0.3 is 20.5 Å². The molecule has 1 saturated heterocycles. The van der Waals surface area contributed by atoms with E-state index in [4.69, 9.17) is 10.5 Å². The van der Waals surface area contributed by atoms with Crippen molar-refractivity contribution in [3.8, 4) is 11.4 Å². The van der Waals surface area contributed by atoms with Crippen LogP contribution in [0.1, 0.15) is 74.0 Å². The molecule has 1 aromatic carbocycles. The third-order valence-electron chi connectivity index (χ3n) is 6.12. The largest absolute Gasteiger partial charge is 0.494 e. The summed E-state index contributed by atoms with van der Waals surface area (Å²) in [6.45, 7) is 5.99. The fourth-order valence-electron chi connectivity index (χ4n) is 4.33. The highest BCUT2D eigenvalue weighted by molar-refractivity contribution is 5.86. The molecule has 4 rings (SSSR count). The van der Waals surface area contributed by atoms with Crippen molar-refractivity contribution in [3.63, 3.8) is 0 Å². The lowest BCUT2D eigenvalue weighted by atomic mass is 9.97. The van der Waals surface area contributed by atoms with E-state index in [1.807, 2.05) is 24.3 Å². The summed E-state index contributed by atoms with van der Waals surface area (Å²) in [6, 6.07) is 9.48. The maximum atomic E-state index is 11.3. The van der Waals surface area contributed by atoms with Crippen LogP contribution in [-0.4, -0.2) is 58.0 Å². The van der Waals surface area contributed by atoms with E-state index in [2.05, 4.69) is 10.00 Å². The molecule has 32 heavy (non-hydrogen) atoms. The smallest absolute Gasteiger partial charge is 0.354 e. The van der Waals surface area contributed by atoms with Crippen molar-refractivity contribution in [2.45, 2.75) is 70.8 Å². The molecule has 1 saturated carbocycles. The van der Waals surface area contributed by atoms with E-state index in [9.17, 15) is 9.90 Å². The fourth-order valence-corrected chi connectivity index (χ4v) is 4.33. The molecule has 2 heterocycles. The maximum absolute atomic E-state index is 11.3. The maximum Gasteiger partial charge on any atom is 0.354 e.